The Hall–Kier alpha value is -0.690. The number of thioether (sulfide) groups is 1. The summed E-state index contributed by atoms with van der Waals surface area (Å²) in [5.74, 6) is 5.76. The van der Waals surface area contributed by atoms with Crippen molar-refractivity contribution in [1.82, 2.24) is 0 Å². The smallest absolute Gasteiger partial charge is 0.185 e. The quantitative estimate of drug-likeness (QED) is 0.601. The first-order valence-electron chi connectivity index (χ1n) is 4.77. The van der Waals surface area contributed by atoms with Crippen LogP contribution in [-0.4, -0.2) is 10.9 Å². The Balaban J connectivity index is 2.69. The molecule has 0 aromatic heterocycles. The Morgan fingerprint density at radius 3 is 2.53 bits per heavy atom. The summed E-state index contributed by atoms with van der Waals surface area (Å²) in [4.78, 5) is 10.7. The van der Waals surface area contributed by atoms with Gasteiger partial charge in [0.15, 0.2) is 5.12 Å². The molecule has 0 unspecified atom stereocenters. The summed E-state index contributed by atoms with van der Waals surface area (Å²) in [6, 6.07) is 2.34. The highest BCUT2D eigenvalue weighted by atomic mass is 35.5. The van der Waals surface area contributed by atoms with Gasteiger partial charge in [0.25, 0.3) is 0 Å². The Labute approximate surface area is 114 Å². The number of benzene rings is 1. The van der Waals surface area contributed by atoms with Crippen molar-refractivity contribution in [2.75, 3.05) is 5.75 Å². The van der Waals surface area contributed by atoms with Gasteiger partial charge in [0, 0.05) is 19.1 Å². The second kappa shape index (κ2) is 6.90. The molecule has 5 heteroatoms. The molecule has 0 bridgehead atoms. The van der Waals surface area contributed by atoms with Crippen molar-refractivity contribution >= 4 is 40.1 Å². The van der Waals surface area contributed by atoms with Crippen LogP contribution in [0.1, 0.15) is 18.9 Å². The van der Waals surface area contributed by atoms with Crippen LogP contribution in [0.4, 0.5) is 4.39 Å². The minimum absolute atomic E-state index is 0.0599. The third-order valence-corrected chi connectivity index (χ3v) is 3.16. The van der Waals surface area contributed by atoms with Crippen molar-refractivity contribution in [3.05, 3.63) is 33.6 Å². The fourth-order valence-electron chi connectivity index (χ4n) is 1.06. The van der Waals surface area contributed by atoms with E-state index in [-0.39, 0.29) is 15.2 Å². The lowest BCUT2D eigenvalue weighted by molar-refractivity contribution is -0.109. The molecule has 0 aliphatic carbocycles. The third kappa shape index (κ3) is 4.99. The maximum Gasteiger partial charge on any atom is 0.185 e. The summed E-state index contributed by atoms with van der Waals surface area (Å²) in [5, 5.41) is 0.452. The molecule has 0 saturated heterocycles. The zero-order valence-corrected chi connectivity index (χ0v) is 11.3. The molecule has 0 atom stereocenters. The van der Waals surface area contributed by atoms with Gasteiger partial charge in [0.1, 0.15) is 5.82 Å². The van der Waals surface area contributed by atoms with Gasteiger partial charge in [-0.25, -0.2) is 4.39 Å². The summed E-state index contributed by atoms with van der Waals surface area (Å²) in [6.45, 7) is 1.51. The van der Waals surface area contributed by atoms with E-state index in [4.69, 9.17) is 23.2 Å². The van der Waals surface area contributed by atoms with Crippen LogP contribution >= 0.6 is 35.0 Å². The lowest BCUT2D eigenvalue weighted by atomic mass is 10.2. The van der Waals surface area contributed by atoms with Crippen LogP contribution in [0.2, 0.25) is 10.0 Å². The zero-order valence-electron chi connectivity index (χ0n) is 9.02. The second-order valence-corrected chi connectivity index (χ2v) is 5.22. The van der Waals surface area contributed by atoms with E-state index in [0.717, 1.165) is 0 Å². The van der Waals surface area contributed by atoms with E-state index in [1.165, 1.54) is 30.8 Å². The van der Waals surface area contributed by atoms with Crippen molar-refractivity contribution in [2.24, 2.45) is 0 Å². The first-order valence-corrected chi connectivity index (χ1v) is 6.51. The van der Waals surface area contributed by atoms with Crippen LogP contribution < -0.4 is 0 Å². The molecule has 0 saturated carbocycles. The van der Waals surface area contributed by atoms with Crippen molar-refractivity contribution in [3.8, 4) is 11.8 Å². The van der Waals surface area contributed by atoms with E-state index in [0.29, 0.717) is 17.7 Å². The maximum atomic E-state index is 12.9. The van der Waals surface area contributed by atoms with E-state index >= 15 is 0 Å². The van der Waals surface area contributed by atoms with Gasteiger partial charge in [-0.2, -0.15) is 0 Å². The van der Waals surface area contributed by atoms with Crippen LogP contribution in [0.25, 0.3) is 0 Å². The second-order valence-electron chi connectivity index (χ2n) is 3.14. The monoisotopic (exact) mass is 290 g/mol. The standard InChI is InChI=1S/C12H9Cl2FOS/c1-8(16)17-5-3-2-4-10-11(13)6-9(15)7-12(10)14/h6-7H,3,5H2,1H3. The van der Waals surface area contributed by atoms with Gasteiger partial charge in [-0.05, 0) is 12.1 Å². The topological polar surface area (TPSA) is 17.1 Å². The van der Waals surface area contributed by atoms with Crippen LogP contribution in [0.3, 0.4) is 0 Å². The molecule has 1 nitrogen and oxygen atoms in total. The fraction of sp³-hybridized carbons (Fsp3) is 0.250. The lowest BCUT2D eigenvalue weighted by Gasteiger charge is -1.99. The molecular formula is C12H9Cl2FOS. The van der Waals surface area contributed by atoms with Gasteiger partial charge >= 0.3 is 0 Å². The number of hydrogen-bond donors (Lipinski definition) is 0. The molecule has 0 aliphatic heterocycles. The number of halogens is 3. The Morgan fingerprint density at radius 2 is 2.00 bits per heavy atom. The molecule has 0 N–H and O–H groups in total. The Morgan fingerprint density at radius 1 is 1.41 bits per heavy atom. The van der Waals surface area contributed by atoms with E-state index in [9.17, 15) is 9.18 Å². The molecule has 0 amide bonds. The minimum atomic E-state index is -0.488. The Bertz CT molecular complexity index is 468. The van der Waals surface area contributed by atoms with Gasteiger partial charge in [0.05, 0.1) is 15.6 Å². The molecule has 0 aliphatic rings. The molecule has 0 radical (unpaired) electrons. The SMILES string of the molecule is CC(=O)SCCC#Cc1c(Cl)cc(F)cc1Cl. The number of carbonyl (C=O) groups is 1. The minimum Gasteiger partial charge on any atom is -0.288 e. The predicted octanol–water partition coefficient (Wildman–Crippen LogP) is 4.15. The van der Waals surface area contributed by atoms with Gasteiger partial charge in [-0.1, -0.05) is 46.8 Å². The highest BCUT2D eigenvalue weighted by Gasteiger charge is 2.05. The van der Waals surface area contributed by atoms with Gasteiger partial charge in [-0.3, -0.25) is 4.79 Å². The molecule has 0 heterocycles. The molecule has 0 spiro atoms. The summed E-state index contributed by atoms with van der Waals surface area (Å²) in [6.07, 6.45) is 0.550. The largest absolute Gasteiger partial charge is 0.288 e. The van der Waals surface area contributed by atoms with E-state index in [1.54, 1.807) is 0 Å². The summed E-state index contributed by atoms with van der Waals surface area (Å²) in [5.41, 5.74) is 0.419. The fourth-order valence-corrected chi connectivity index (χ4v) is 2.10. The van der Waals surface area contributed by atoms with Crippen molar-refractivity contribution in [3.63, 3.8) is 0 Å². The molecule has 17 heavy (non-hydrogen) atoms. The van der Waals surface area contributed by atoms with Crippen molar-refractivity contribution in [2.45, 2.75) is 13.3 Å². The highest BCUT2D eigenvalue weighted by Crippen LogP contribution is 2.25. The van der Waals surface area contributed by atoms with Gasteiger partial charge in [0.2, 0.25) is 0 Å². The first-order chi connectivity index (χ1) is 8.00. The number of hydrogen-bond acceptors (Lipinski definition) is 2. The summed E-state index contributed by atoms with van der Waals surface area (Å²) >= 11 is 12.8. The summed E-state index contributed by atoms with van der Waals surface area (Å²) in [7, 11) is 0. The van der Waals surface area contributed by atoms with Gasteiger partial charge < -0.3 is 0 Å². The maximum absolute atomic E-state index is 12.9. The Kier molecular flexibility index (Phi) is 5.84. The van der Waals surface area contributed by atoms with Crippen molar-refractivity contribution < 1.29 is 9.18 Å². The van der Waals surface area contributed by atoms with Crippen LogP contribution in [-0.2, 0) is 4.79 Å². The lowest BCUT2D eigenvalue weighted by Crippen LogP contribution is -1.85. The molecular weight excluding hydrogens is 282 g/mol. The number of carbonyl (C=O) groups excluding carboxylic acids is 1. The molecule has 1 rings (SSSR count). The van der Waals surface area contributed by atoms with Crippen LogP contribution in [0, 0.1) is 17.7 Å². The number of rotatable bonds is 2. The van der Waals surface area contributed by atoms with Gasteiger partial charge in [-0.15, -0.1) is 0 Å². The summed E-state index contributed by atoms with van der Waals surface area (Å²) < 4.78 is 12.9. The van der Waals surface area contributed by atoms with E-state index in [1.807, 2.05) is 0 Å². The molecule has 0 fully saturated rings. The average Bonchev–Trinajstić information content (AvgIpc) is 2.20. The third-order valence-electron chi connectivity index (χ3n) is 1.75. The zero-order chi connectivity index (χ0) is 12.8. The van der Waals surface area contributed by atoms with Crippen molar-refractivity contribution in [1.29, 1.82) is 0 Å². The van der Waals surface area contributed by atoms with E-state index < -0.39 is 5.82 Å². The predicted molar refractivity (Wildman–Crippen MR) is 71.1 cm³/mol. The van der Waals surface area contributed by atoms with Crippen LogP contribution in [0.15, 0.2) is 12.1 Å². The molecule has 1 aromatic rings. The normalized spacial score (nSPS) is 9.65. The van der Waals surface area contributed by atoms with Crippen LogP contribution in [0.5, 0.6) is 0 Å². The van der Waals surface area contributed by atoms with E-state index in [2.05, 4.69) is 11.8 Å². The highest BCUT2D eigenvalue weighted by molar-refractivity contribution is 8.13. The average molecular weight is 291 g/mol. The first kappa shape index (κ1) is 14.4. The molecule has 90 valence electrons. The molecule has 1 aromatic carbocycles.